The molecule has 1 aromatic rings. The van der Waals surface area contributed by atoms with Gasteiger partial charge in [-0.3, -0.25) is 9.59 Å². The van der Waals surface area contributed by atoms with Crippen molar-refractivity contribution in [3.63, 3.8) is 0 Å². The van der Waals surface area contributed by atoms with Crippen LogP contribution in [0.3, 0.4) is 0 Å². The van der Waals surface area contributed by atoms with Crippen LogP contribution in [0.5, 0.6) is 0 Å². The zero-order chi connectivity index (χ0) is 17.5. The van der Waals surface area contributed by atoms with Crippen molar-refractivity contribution in [2.45, 2.75) is 31.7 Å². The van der Waals surface area contributed by atoms with E-state index in [1.165, 1.54) is 0 Å². The Balaban J connectivity index is 2.18. The first-order valence-electron chi connectivity index (χ1n) is 8.30. The third-order valence-electron chi connectivity index (χ3n) is 5.46. The van der Waals surface area contributed by atoms with E-state index in [9.17, 15) is 19.8 Å². The largest absolute Gasteiger partial charge is 0.481 e. The van der Waals surface area contributed by atoms with Crippen LogP contribution in [0, 0.1) is 17.8 Å². The van der Waals surface area contributed by atoms with Gasteiger partial charge < -0.3 is 15.5 Å². The number of nitrogens with one attached hydrogen (secondary N) is 1. The Morgan fingerprint density at radius 3 is 2.29 bits per heavy atom. The van der Waals surface area contributed by atoms with Crippen LogP contribution in [-0.4, -0.2) is 34.2 Å². The van der Waals surface area contributed by atoms with E-state index >= 15 is 0 Å². The van der Waals surface area contributed by atoms with E-state index in [1.807, 2.05) is 50.3 Å². The average Bonchev–Trinajstić information content (AvgIpc) is 2.53. The quantitative estimate of drug-likeness (QED) is 0.742. The molecule has 0 amide bonds. The molecule has 2 aliphatic rings. The van der Waals surface area contributed by atoms with E-state index in [1.54, 1.807) is 0 Å². The van der Waals surface area contributed by atoms with Gasteiger partial charge in [0.05, 0.1) is 11.8 Å². The lowest BCUT2D eigenvalue weighted by molar-refractivity contribution is -0.157. The molecule has 3 rings (SSSR count). The topological polar surface area (TPSA) is 86.6 Å². The van der Waals surface area contributed by atoms with Crippen LogP contribution >= 0.6 is 0 Å². The third-order valence-corrected chi connectivity index (χ3v) is 5.46. The van der Waals surface area contributed by atoms with Crippen LogP contribution in [0.4, 0.5) is 0 Å². The van der Waals surface area contributed by atoms with E-state index in [-0.39, 0.29) is 11.5 Å². The minimum absolute atomic E-state index is 0.236. The van der Waals surface area contributed by atoms with Crippen LogP contribution in [0.1, 0.15) is 31.7 Å². The molecule has 1 saturated heterocycles. The normalized spacial score (nSPS) is 31.7. The van der Waals surface area contributed by atoms with Crippen LogP contribution in [0.15, 0.2) is 42.0 Å². The third kappa shape index (κ3) is 2.73. The molecule has 4 unspecified atom stereocenters. The molecule has 1 aromatic carbocycles. The summed E-state index contributed by atoms with van der Waals surface area (Å²) in [6.45, 7) is 4.77. The Bertz CT molecular complexity index is 680. The summed E-state index contributed by atoms with van der Waals surface area (Å²) in [5, 5.41) is 23.0. The second kappa shape index (κ2) is 6.06. The zero-order valence-corrected chi connectivity index (χ0v) is 13.9. The van der Waals surface area contributed by atoms with Crippen molar-refractivity contribution in [2.75, 3.05) is 6.54 Å². The first kappa shape index (κ1) is 16.7. The Morgan fingerprint density at radius 1 is 1.08 bits per heavy atom. The SMILES string of the molecule is CC1(C)NCCC2C1=CC(c1ccccc1)C(C(=O)O)C2C(=O)O. The average molecular weight is 329 g/mol. The number of rotatable bonds is 3. The Kier molecular flexibility index (Phi) is 4.22. The number of aliphatic carboxylic acids is 2. The van der Waals surface area contributed by atoms with Gasteiger partial charge in [-0.25, -0.2) is 0 Å². The minimum Gasteiger partial charge on any atom is -0.481 e. The van der Waals surface area contributed by atoms with E-state index in [4.69, 9.17) is 0 Å². The molecule has 1 heterocycles. The van der Waals surface area contributed by atoms with Crippen molar-refractivity contribution in [3.05, 3.63) is 47.5 Å². The monoisotopic (exact) mass is 329 g/mol. The summed E-state index contributed by atoms with van der Waals surface area (Å²) >= 11 is 0. The number of hydrogen-bond donors (Lipinski definition) is 3. The van der Waals surface area contributed by atoms with Gasteiger partial charge in [-0.1, -0.05) is 42.0 Å². The maximum atomic E-state index is 12.0. The van der Waals surface area contributed by atoms with Crippen molar-refractivity contribution >= 4 is 11.9 Å². The first-order chi connectivity index (χ1) is 11.3. The summed E-state index contributed by atoms with van der Waals surface area (Å²) in [6, 6.07) is 9.34. The summed E-state index contributed by atoms with van der Waals surface area (Å²) in [4.78, 5) is 24.0. The fourth-order valence-electron chi connectivity index (χ4n) is 4.35. The molecule has 24 heavy (non-hydrogen) atoms. The minimum atomic E-state index is -1.04. The Morgan fingerprint density at radius 2 is 1.71 bits per heavy atom. The fraction of sp³-hybridized carbons (Fsp3) is 0.474. The second-order valence-electron chi connectivity index (χ2n) is 7.23. The van der Waals surface area contributed by atoms with Crippen molar-refractivity contribution in [2.24, 2.45) is 17.8 Å². The second-order valence-corrected chi connectivity index (χ2v) is 7.23. The van der Waals surface area contributed by atoms with E-state index in [0.717, 1.165) is 11.1 Å². The van der Waals surface area contributed by atoms with Gasteiger partial charge >= 0.3 is 11.9 Å². The van der Waals surface area contributed by atoms with Crippen LogP contribution in [0.2, 0.25) is 0 Å². The van der Waals surface area contributed by atoms with Gasteiger partial charge in [0.1, 0.15) is 0 Å². The number of piperidine rings is 1. The van der Waals surface area contributed by atoms with E-state index < -0.39 is 29.7 Å². The zero-order valence-electron chi connectivity index (χ0n) is 13.9. The molecule has 5 heteroatoms. The first-order valence-corrected chi connectivity index (χ1v) is 8.30. The Labute approximate surface area is 141 Å². The summed E-state index contributed by atoms with van der Waals surface area (Å²) in [6.07, 6.45) is 2.65. The molecule has 1 fully saturated rings. The molecule has 5 nitrogen and oxygen atoms in total. The number of fused-ring (bicyclic) bond motifs is 1. The highest BCUT2D eigenvalue weighted by atomic mass is 16.4. The van der Waals surface area contributed by atoms with Crippen LogP contribution < -0.4 is 5.32 Å². The van der Waals surface area contributed by atoms with Gasteiger partial charge in [0.15, 0.2) is 0 Å². The molecule has 4 atom stereocenters. The molecule has 3 N–H and O–H groups in total. The lowest BCUT2D eigenvalue weighted by atomic mass is 9.60. The number of hydrogen-bond acceptors (Lipinski definition) is 3. The lowest BCUT2D eigenvalue weighted by Gasteiger charge is -2.47. The van der Waals surface area contributed by atoms with Crippen molar-refractivity contribution in [1.29, 1.82) is 0 Å². The highest BCUT2D eigenvalue weighted by Gasteiger charge is 2.51. The molecule has 128 valence electrons. The maximum absolute atomic E-state index is 12.0. The van der Waals surface area contributed by atoms with Crippen LogP contribution in [0.25, 0.3) is 0 Å². The fourth-order valence-corrected chi connectivity index (χ4v) is 4.35. The van der Waals surface area contributed by atoms with Crippen molar-refractivity contribution < 1.29 is 19.8 Å². The van der Waals surface area contributed by atoms with E-state index in [0.29, 0.717) is 13.0 Å². The molecule has 0 bridgehead atoms. The lowest BCUT2D eigenvalue weighted by Crippen LogP contribution is -2.55. The summed E-state index contributed by atoms with van der Waals surface area (Å²) in [5.74, 6) is -4.59. The predicted molar refractivity (Wildman–Crippen MR) is 89.7 cm³/mol. The molecule has 0 radical (unpaired) electrons. The van der Waals surface area contributed by atoms with Gasteiger partial charge in [-0.2, -0.15) is 0 Å². The van der Waals surface area contributed by atoms with Crippen molar-refractivity contribution in [1.82, 2.24) is 5.32 Å². The highest BCUT2D eigenvalue weighted by Crippen LogP contribution is 2.49. The predicted octanol–water partition coefficient (Wildman–Crippen LogP) is 2.50. The molecular formula is C19H23NO4. The molecule has 0 spiro atoms. The molecule has 0 saturated carbocycles. The number of carboxylic acid groups (broad SMARTS) is 2. The molecular weight excluding hydrogens is 306 g/mol. The van der Waals surface area contributed by atoms with E-state index in [2.05, 4.69) is 5.32 Å². The number of carboxylic acids is 2. The number of allylic oxidation sites excluding steroid dienone is 1. The summed E-state index contributed by atoms with van der Waals surface area (Å²) in [7, 11) is 0. The Hall–Kier alpha value is -2.14. The number of carbonyl (C=O) groups is 2. The molecule has 0 aromatic heterocycles. The highest BCUT2D eigenvalue weighted by molar-refractivity contribution is 5.82. The molecule has 1 aliphatic carbocycles. The van der Waals surface area contributed by atoms with Gasteiger partial charge in [-0.15, -0.1) is 0 Å². The van der Waals surface area contributed by atoms with Gasteiger partial charge in [0.25, 0.3) is 0 Å². The van der Waals surface area contributed by atoms with Crippen molar-refractivity contribution in [3.8, 4) is 0 Å². The smallest absolute Gasteiger partial charge is 0.308 e. The maximum Gasteiger partial charge on any atom is 0.308 e. The molecule has 1 aliphatic heterocycles. The summed E-state index contributed by atoms with van der Waals surface area (Å²) in [5.41, 5.74) is 1.55. The van der Waals surface area contributed by atoms with Crippen LogP contribution in [-0.2, 0) is 9.59 Å². The summed E-state index contributed by atoms with van der Waals surface area (Å²) < 4.78 is 0. The number of benzene rings is 1. The van der Waals surface area contributed by atoms with Gasteiger partial charge in [0.2, 0.25) is 0 Å². The van der Waals surface area contributed by atoms with Gasteiger partial charge in [0, 0.05) is 11.5 Å². The standard InChI is InChI=1S/C19H23NO4/c1-19(2)14-10-13(11-6-4-3-5-7-11)16(18(23)24)15(17(21)22)12(14)8-9-20-19/h3-7,10,12-13,15-16,20H,8-9H2,1-2H3,(H,21,22)(H,23,24). The van der Waals surface area contributed by atoms with Gasteiger partial charge in [-0.05, 0) is 38.3 Å².